The number of non-ortho nitro benzene ring substituents is 2. The lowest BCUT2D eigenvalue weighted by Crippen LogP contribution is -2.10. The van der Waals surface area contributed by atoms with Crippen LogP contribution in [0.25, 0.3) is 0 Å². The SMILES string of the molecule is O=[N+]([O-])c1ccc(C2(SC3(c4ccc([N+](=O)[O-])cc4)CC3)CC2)cc1. The fourth-order valence-electron chi connectivity index (χ4n) is 3.27. The first-order chi connectivity index (χ1) is 11.9. The van der Waals surface area contributed by atoms with Crippen molar-refractivity contribution in [2.45, 2.75) is 35.2 Å². The number of hydrogen-bond acceptors (Lipinski definition) is 5. The minimum absolute atomic E-state index is 0.0212. The first kappa shape index (κ1) is 16.1. The zero-order valence-corrected chi connectivity index (χ0v) is 14.2. The Morgan fingerprint density at radius 1 is 0.680 bits per heavy atom. The lowest BCUT2D eigenvalue weighted by molar-refractivity contribution is -0.385. The molecular formula is C18H16N2O4S. The number of hydrogen-bond donors (Lipinski definition) is 0. The van der Waals surface area contributed by atoms with E-state index < -0.39 is 0 Å². The molecule has 2 aliphatic rings. The highest BCUT2D eigenvalue weighted by Crippen LogP contribution is 2.70. The van der Waals surface area contributed by atoms with Gasteiger partial charge in [-0.2, -0.15) is 0 Å². The predicted octanol–water partition coefficient (Wildman–Crippen LogP) is 4.91. The van der Waals surface area contributed by atoms with Gasteiger partial charge in [0.2, 0.25) is 0 Å². The summed E-state index contributed by atoms with van der Waals surface area (Å²) in [6.07, 6.45) is 4.24. The molecule has 0 radical (unpaired) electrons. The monoisotopic (exact) mass is 356 g/mol. The summed E-state index contributed by atoms with van der Waals surface area (Å²) in [5.41, 5.74) is 2.50. The van der Waals surface area contributed by atoms with Gasteiger partial charge in [0.15, 0.2) is 0 Å². The number of nitrogens with zero attached hydrogens (tertiary/aromatic N) is 2. The smallest absolute Gasteiger partial charge is 0.258 e. The van der Waals surface area contributed by atoms with Gasteiger partial charge in [0.25, 0.3) is 11.4 Å². The summed E-state index contributed by atoms with van der Waals surface area (Å²) in [4.78, 5) is 20.9. The quantitative estimate of drug-likeness (QED) is 0.542. The van der Waals surface area contributed by atoms with E-state index in [9.17, 15) is 20.2 Å². The largest absolute Gasteiger partial charge is 0.269 e. The van der Waals surface area contributed by atoms with E-state index in [0.717, 1.165) is 36.8 Å². The fraction of sp³-hybridized carbons (Fsp3) is 0.333. The maximum atomic E-state index is 10.8. The van der Waals surface area contributed by atoms with Crippen LogP contribution in [-0.2, 0) is 9.49 Å². The van der Waals surface area contributed by atoms with Crippen molar-refractivity contribution in [2.75, 3.05) is 0 Å². The average Bonchev–Trinajstić information content (AvgIpc) is 3.54. The van der Waals surface area contributed by atoms with Crippen LogP contribution in [0, 0.1) is 20.2 Å². The Kier molecular flexibility index (Phi) is 3.57. The molecule has 0 atom stereocenters. The summed E-state index contributed by atoms with van der Waals surface area (Å²) in [5, 5.41) is 21.7. The molecule has 2 aromatic rings. The summed E-state index contributed by atoms with van der Waals surface area (Å²) >= 11 is 1.92. The molecule has 0 bridgehead atoms. The number of benzene rings is 2. The lowest BCUT2D eigenvalue weighted by Gasteiger charge is -2.23. The molecule has 0 aromatic heterocycles. The van der Waals surface area contributed by atoms with Crippen molar-refractivity contribution in [1.29, 1.82) is 0 Å². The Hall–Kier alpha value is -2.41. The van der Waals surface area contributed by atoms with Gasteiger partial charge in [0, 0.05) is 33.8 Å². The first-order valence-electron chi connectivity index (χ1n) is 8.14. The topological polar surface area (TPSA) is 86.3 Å². The van der Waals surface area contributed by atoms with Crippen LogP contribution in [0.5, 0.6) is 0 Å². The van der Waals surface area contributed by atoms with Gasteiger partial charge in [-0.3, -0.25) is 20.2 Å². The number of nitro groups is 2. The van der Waals surface area contributed by atoms with Crippen LogP contribution in [0.4, 0.5) is 11.4 Å². The molecule has 0 N–H and O–H groups in total. The Morgan fingerprint density at radius 3 is 1.24 bits per heavy atom. The van der Waals surface area contributed by atoms with Gasteiger partial charge in [-0.05, 0) is 36.8 Å². The van der Waals surface area contributed by atoms with Crippen LogP contribution < -0.4 is 0 Å². The predicted molar refractivity (Wildman–Crippen MR) is 95.6 cm³/mol. The van der Waals surface area contributed by atoms with E-state index in [1.807, 2.05) is 36.0 Å². The van der Waals surface area contributed by atoms with Crippen LogP contribution in [0.3, 0.4) is 0 Å². The maximum absolute atomic E-state index is 10.8. The number of nitro benzene ring substituents is 2. The zero-order valence-electron chi connectivity index (χ0n) is 13.4. The second kappa shape index (κ2) is 5.56. The molecule has 0 amide bonds. The summed E-state index contributed by atoms with van der Waals surface area (Å²) in [7, 11) is 0. The molecule has 2 aromatic carbocycles. The molecule has 4 rings (SSSR count). The van der Waals surface area contributed by atoms with Crippen molar-refractivity contribution in [3.05, 3.63) is 79.9 Å². The van der Waals surface area contributed by atoms with E-state index in [-0.39, 0.29) is 30.7 Å². The van der Waals surface area contributed by atoms with Crippen molar-refractivity contribution in [3.63, 3.8) is 0 Å². The third kappa shape index (κ3) is 2.89. The zero-order chi connectivity index (χ0) is 17.7. The van der Waals surface area contributed by atoms with E-state index in [1.165, 1.54) is 0 Å². The Morgan fingerprint density at radius 2 is 1.00 bits per heavy atom. The Labute approximate surface area is 148 Å². The highest BCUT2D eigenvalue weighted by atomic mass is 32.2. The van der Waals surface area contributed by atoms with Gasteiger partial charge >= 0.3 is 0 Å². The Bertz CT molecular complexity index is 769. The summed E-state index contributed by atoms with van der Waals surface area (Å²) in [5.74, 6) is 0. The molecule has 25 heavy (non-hydrogen) atoms. The third-order valence-corrected chi connectivity index (χ3v) is 7.08. The van der Waals surface area contributed by atoms with Gasteiger partial charge in [-0.1, -0.05) is 24.3 Å². The lowest BCUT2D eigenvalue weighted by atomic mass is 10.1. The second-order valence-electron chi connectivity index (χ2n) is 6.70. The molecule has 6 nitrogen and oxygen atoms in total. The van der Waals surface area contributed by atoms with Gasteiger partial charge in [0.05, 0.1) is 9.85 Å². The highest BCUT2D eigenvalue weighted by Gasteiger charge is 2.56. The normalized spacial score (nSPS) is 19.2. The standard InChI is InChI=1S/C18H16N2O4S/c21-19(22)15-5-1-13(2-6-15)17(9-10-17)25-18(11-12-18)14-3-7-16(8-4-14)20(23)24/h1-8H,9-12H2. The molecule has 0 spiro atoms. The molecule has 0 saturated heterocycles. The fourth-order valence-corrected chi connectivity index (χ4v) is 5.14. The molecule has 2 saturated carbocycles. The molecule has 2 aliphatic carbocycles. The third-order valence-electron chi connectivity index (χ3n) is 5.01. The van der Waals surface area contributed by atoms with Gasteiger partial charge < -0.3 is 0 Å². The number of rotatable bonds is 6. The van der Waals surface area contributed by atoms with E-state index in [1.54, 1.807) is 24.3 Å². The van der Waals surface area contributed by atoms with E-state index in [2.05, 4.69) is 0 Å². The molecule has 0 aliphatic heterocycles. The van der Waals surface area contributed by atoms with Crippen molar-refractivity contribution >= 4 is 23.1 Å². The van der Waals surface area contributed by atoms with Gasteiger partial charge in [-0.25, -0.2) is 0 Å². The minimum atomic E-state index is -0.379. The highest BCUT2D eigenvalue weighted by molar-refractivity contribution is 8.01. The van der Waals surface area contributed by atoms with E-state index >= 15 is 0 Å². The first-order valence-corrected chi connectivity index (χ1v) is 8.96. The van der Waals surface area contributed by atoms with E-state index in [4.69, 9.17) is 0 Å². The molecule has 7 heteroatoms. The van der Waals surface area contributed by atoms with Crippen LogP contribution in [0.1, 0.15) is 36.8 Å². The second-order valence-corrected chi connectivity index (χ2v) is 8.47. The van der Waals surface area contributed by atoms with Crippen molar-refractivity contribution in [1.82, 2.24) is 0 Å². The molecule has 2 fully saturated rings. The summed E-state index contributed by atoms with van der Waals surface area (Å²) < 4.78 is 0.0425. The Balaban J connectivity index is 1.56. The van der Waals surface area contributed by atoms with Crippen LogP contribution >= 0.6 is 11.8 Å². The van der Waals surface area contributed by atoms with Crippen LogP contribution in [0.15, 0.2) is 48.5 Å². The minimum Gasteiger partial charge on any atom is -0.258 e. The van der Waals surface area contributed by atoms with Crippen LogP contribution in [0.2, 0.25) is 0 Å². The van der Waals surface area contributed by atoms with Crippen molar-refractivity contribution in [2.24, 2.45) is 0 Å². The molecule has 0 unspecified atom stereocenters. The van der Waals surface area contributed by atoms with Crippen LogP contribution in [-0.4, -0.2) is 9.85 Å². The van der Waals surface area contributed by atoms with Crippen molar-refractivity contribution in [3.8, 4) is 0 Å². The van der Waals surface area contributed by atoms with E-state index in [0.29, 0.717) is 0 Å². The maximum Gasteiger partial charge on any atom is 0.269 e. The van der Waals surface area contributed by atoms with Crippen molar-refractivity contribution < 1.29 is 9.85 Å². The molecular weight excluding hydrogens is 340 g/mol. The van der Waals surface area contributed by atoms with Gasteiger partial charge in [-0.15, -0.1) is 11.8 Å². The molecule has 128 valence electrons. The number of thioether (sulfide) groups is 1. The summed E-state index contributed by atoms with van der Waals surface area (Å²) in [6, 6.07) is 13.7. The average molecular weight is 356 g/mol. The summed E-state index contributed by atoms with van der Waals surface area (Å²) in [6.45, 7) is 0. The van der Waals surface area contributed by atoms with Gasteiger partial charge in [0.1, 0.15) is 0 Å². The molecule has 0 heterocycles.